The van der Waals surface area contributed by atoms with Gasteiger partial charge in [-0.15, -0.1) is 0 Å². The summed E-state index contributed by atoms with van der Waals surface area (Å²) in [6.45, 7) is 11.8. The molecule has 0 aromatic rings. The zero-order valence-electron chi connectivity index (χ0n) is 56.5. The molecule has 6 atom stereocenters. The third-order valence-electron chi connectivity index (χ3n) is 16.0. The SMILES string of the molecule is CCCCCCCCCCC(=O)OC[C@H](COP(=O)(O)OC[C@H](O)COP(=O)(O)OC[C@@H](COC(=O)CCCCCCCCCCCCC(C)C)OC(=O)CCCCCCCCCCCCCC(C)C)OC(=O)CCCCCCCCCCC(C)CC. The first-order chi connectivity index (χ1) is 41.8. The Morgan fingerprint density at radius 1 is 0.333 bits per heavy atom. The van der Waals surface area contributed by atoms with Gasteiger partial charge in [-0.3, -0.25) is 37.3 Å². The Bertz CT molecular complexity index is 1720. The van der Waals surface area contributed by atoms with Crippen molar-refractivity contribution >= 4 is 39.5 Å². The highest BCUT2D eigenvalue weighted by Crippen LogP contribution is 2.45. The highest BCUT2D eigenvalue weighted by atomic mass is 31.2. The summed E-state index contributed by atoms with van der Waals surface area (Å²) in [7, 11) is -9.89. The summed E-state index contributed by atoms with van der Waals surface area (Å²) in [6.07, 6.45) is 41.6. The quantitative estimate of drug-likeness (QED) is 0.0222. The molecule has 0 aliphatic heterocycles. The first kappa shape index (κ1) is 85.1. The van der Waals surface area contributed by atoms with Crippen LogP contribution in [0.5, 0.6) is 0 Å². The zero-order chi connectivity index (χ0) is 64.5. The second-order valence-electron chi connectivity index (χ2n) is 25.8. The van der Waals surface area contributed by atoms with E-state index < -0.39 is 97.5 Å². The van der Waals surface area contributed by atoms with E-state index in [4.69, 9.17) is 37.0 Å². The second kappa shape index (κ2) is 59.1. The molecular formula is C68H132O17P2. The Morgan fingerprint density at radius 3 is 0.874 bits per heavy atom. The van der Waals surface area contributed by atoms with Crippen LogP contribution in [0, 0.1) is 17.8 Å². The summed E-state index contributed by atoms with van der Waals surface area (Å²) in [4.78, 5) is 72.4. The van der Waals surface area contributed by atoms with Gasteiger partial charge in [0.2, 0.25) is 0 Å². The van der Waals surface area contributed by atoms with Crippen LogP contribution >= 0.6 is 15.6 Å². The zero-order valence-corrected chi connectivity index (χ0v) is 58.3. The molecule has 0 bridgehead atoms. The van der Waals surface area contributed by atoms with Gasteiger partial charge in [0.25, 0.3) is 0 Å². The molecule has 0 aliphatic carbocycles. The van der Waals surface area contributed by atoms with Crippen LogP contribution in [0.25, 0.3) is 0 Å². The van der Waals surface area contributed by atoms with E-state index in [9.17, 15) is 43.2 Å². The van der Waals surface area contributed by atoms with E-state index in [0.717, 1.165) is 114 Å². The molecule has 516 valence electrons. The summed E-state index contributed by atoms with van der Waals surface area (Å²) < 4.78 is 68.2. The average Bonchev–Trinajstić information content (AvgIpc) is 3.68. The minimum atomic E-state index is -4.95. The molecule has 0 rings (SSSR count). The van der Waals surface area contributed by atoms with Gasteiger partial charge in [0.05, 0.1) is 26.4 Å². The number of rotatable bonds is 66. The van der Waals surface area contributed by atoms with E-state index >= 15 is 0 Å². The number of hydrogen-bond donors (Lipinski definition) is 3. The predicted octanol–water partition coefficient (Wildman–Crippen LogP) is 19.1. The highest BCUT2D eigenvalue weighted by molar-refractivity contribution is 7.47. The summed E-state index contributed by atoms with van der Waals surface area (Å²) in [5.74, 6) is 0.161. The summed E-state index contributed by atoms with van der Waals surface area (Å²) >= 11 is 0. The second-order valence-corrected chi connectivity index (χ2v) is 28.7. The summed E-state index contributed by atoms with van der Waals surface area (Å²) in [5, 5.41) is 10.6. The van der Waals surface area contributed by atoms with Crippen molar-refractivity contribution in [3.8, 4) is 0 Å². The number of hydrogen-bond acceptors (Lipinski definition) is 15. The van der Waals surface area contributed by atoms with Crippen molar-refractivity contribution in [1.29, 1.82) is 0 Å². The number of phosphoric acid groups is 2. The van der Waals surface area contributed by atoms with Crippen molar-refractivity contribution in [2.75, 3.05) is 39.6 Å². The fourth-order valence-electron chi connectivity index (χ4n) is 10.2. The van der Waals surface area contributed by atoms with Crippen LogP contribution in [0.1, 0.15) is 337 Å². The molecular weight excluding hydrogens is 1150 g/mol. The van der Waals surface area contributed by atoms with E-state index in [2.05, 4.69) is 48.5 Å². The van der Waals surface area contributed by atoms with E-state index in [0.29, 0.717) is 25.7 Å². The van der Waals surface area contributed by atoms with Crippen LogP contribution < -0.4 is 0 Å². The van der Waals surface area contributed by atoms with Crippen molar-refractivity contribution in [1.82, 2.24) is 0 Å². The van der Waals surface area contributed by atoms with Crippen LogP contribution in [0.2, 0.25) is 0 Å². The largest absolute Gasteiger partial charge is 0.472 e. The van der Waals surface area contributed by atoms with E-state index in [1.807, 2.05) is 0 Å². The molecule has 17 nitrogen and oxygen atoms in total. The summed E-state index contributed by atoms with van der Waals surface area (Å²) in [5.41, 5.74) is 0. The molecule has 0 heterocycles. The average molecular weight is 1280 g/mol. The van der Waals surface area contributed by atoms with E-state index in [1.54, 1.807) is 0 Å². The van der Waals surface area contributed by atoms with Crippen LogP contribution in [0.3, 0.4) is 0 Å². The Kier molecular flexibility index (Phi) is 57.8. The number of ether oxygens (including phenoxy) is 4. The van der Waals surface area contributed by atoms with Crippen molar-refractivity contribution in [2.45, 2.75) is 356 Å². The Morgan fingerprint density at radius 2 is 0.586 bits per heavy atom. The minimum absolute atomic E-state index is 0.104. The van der Waals surface area contributed by atoms with Crippen molar-refractivity contribution in [3.05, 3.63) is 0 Å². The number of esters is 4. The van der Waals surface area contributed by atoms with Gasteiger partial charge in [-0.25, -0.2) is 9.13 Å². The number of aliphatic hydroxyl groups is 1. The van der Waals surface area contributed by atoms with Gasteiger partial charge in [0.15, 0.2) is 12.2 Å². The minimum Gasteiger partial charge on any atom is -0.462 e. The molecule has 0 amide bonds. The molecule has 0 aromatic carbocycles. The van der Waals surface area contributed by atoms with E-state index in [1.165, 1.54) is 141 Å². The van der Waals surface area contributed by atoms with Crippen LogP contribution in [-0.4, -0.2) is 96.7 Å². The lowest BCUT2D eigenvalue weighted by atomic mass is 9.99. The standard InChI is InChI=1S/C68H132O17P2/c1-8-10-11-12-13-28-35-42-49-65(70)78-55-63(85-68(73)52-45-38-31-24-23-27-34-41-48-61(7)9-2)57-82-86(74,75)80-53-62(69)54-81-87(76,77)83-58-64(56-79-66(71)50-43-36-29-21-18-17-20-26-33-40-47-60(5)6)84-67(72)51-44-37-30-22-16-14-15-19-25-32-39-46-59(3)4/h59-64,69H,8-58H2,1-7H3,(H,74,75)(H,76,77)/t61?,62-,63+,64+/m0/s1. The Hall–Kier alpha value is -1.94. The van der Waals surface area contributed by atoms with E-state index in [-0.39, 0.29) is 25.7 Å². The van der Waals surface area contributed by atoms with Gasteiger partial charge < -0.3 is 33.8 Å². The number of phosphoric ester groups is 2. The molecule has 0 spiro atoms. The fourth-order valence-corrected chi connectivity index (χ4v) is 11.7. The maximum absolute atomic E-state index is 13.0. The third kappa shape index (κ3) is 61.3. The molecule has 19 heteroatoms. The van der Waals surface area contributed by atoms with Crippen molar-refractivity contribution < 1.29 is 80.2 Å². The fraction of sp³-hybridized carbons (Fsp3) is 0.941. The van der Waals surface area contributed by atoms with Gasteiger partial charge in [-0.05, 0) is 43.4 Å². The third-order valence-corrected chi connectivity index (χ3v) is 17.9. The highest BCUT2D eigenvalue weighted by Gasteiger charge is 2.30. The molecule has 3 N–H and O–H groups in total. The van der Waals surface area contributed by atoms with Crippen LogP contribution in [0.4, 0.5) is 0 Å². The number of carbonyl (C=O) groups is 4. The predicted molar refractivity (Wildman–Crippen MR) is 349 cm³/mol. The topological polar surface area (TPSA) is 237 Å². The Labute approximate surface area is 530 Å². The monoisotopic (exact) mass is 1280 g/mol. The smallest absolute Gasteiger partial charge is 0.462 e. The normalized spacial score (nSPS) is 14.6. The number of unbranched alkanes of at least 4 members (excludes halogenated alkanes) is 33. The maximum atomic E-state index is 13.0. The van der Waals surface area contributed by atoms with Crippen molar-refractivity contribution in [3.63, 3.8) is 0 Å². The first-order valence-electron chi connectivity index (χ1n) is 35.4. The molecule has 0 radical (unpaired) electrons. The van der Waals surface area contributed by atoms with Gasteiger partial charge in [-0.1, -0.05) is 286 Å². The van der Waals surface area contributed by atoms with Gasteiger partial charge in [0, 0.05) is 25.7 Å². The van der Waals surface area contributed by atoms with Crippen molar-refractivity contribution in [2.24, 2.45) is 17.8 Å². The van der Waals surface area contributed by atoms with Gasteiger partial charge in [-0.2, -0.15) is 0 Å². The molecule has 0 saturated carbocycles. The van der Waals surface area contributed by atoms with Gasteiger partial charge >= 0.3 is 39.5 Å². The van der Waals surface area contributed by atoms with Crippen LogP contribution in [-0.2, 0) is 65.4 Å². The van der Waals surface area contributed by atoms with Crippen LogP contribution in [0.15, 0.2) is 0 Å². The molecule has 0 aliphatic rings. The molecule has 0 fully saturated rings. The van der Waals surface area contributed by atoms with Gasteiger partial charge in [0.1, 0.15) is 19.3 Å². The lowest BCUT2D eigenvalue weighted by molar-refractivity contribution is -0.161. The lowest BCUT2D eigenvalue weighted by Gasteiger charge is -2.21. The maximum Gasteiger partial charge on any atom is 0.472 e. The number of aliphatic hydroxyl groups excluding tert-OH is 1. The lowest BCUT2D eigenvalue weighted by Crippen LogP contribution is -2.30. The summed E-state index contributed by atoms with van der Waals surface area (Å²) in [6, 6.07) is 0. The first-order valence-corrected chi connectivity index (χ1v) is 38.4. The number of carbonyl (C=O) groups excluding carboxylic acids is 4. The molecule has 3 unspecified atom stereocenters. The molecule has 0 saturated heterocycles. The molecule has 87 heavy (non-hydrogen) atoms. The molecule has 0 aromatic heterocycles. The Balaban J connectivity index is 5.24.